The van der Waals surface area contributed by atoms with Crippen LogP contribution in [0.5, 0.6) is 0 Å². The summed E-state index contributed by atoms with van der Waals surface area (Å²) in [5.74, 6) is -0.288. The van der Waals surface area contributed by atoms with Crippen LogP contribution in [0.1, 0.15) is 23.5 Å². The van der Waals surface area contributed by atoms with Gasteiger partial charge in [-0.3, -0.25) is 0 Å². The van der Waals surface area contributed by atoms with Gasteiger partial charge in [0.2, 0.25) is 0 Å². The van der Waals surface area contributed by atoms with E-state index in [1.807, 2.05) is 32.1 Å². The zero-order chi connectivity index (χ0) is 11.4. The lowest BCUT2D eigenvalue weighted by molar-refractivity contribution is 0.0606. The number of ether oxygens (including phenoxy) is 1. The molecule has 0 aliphatic rings. The van der Waals surface area contributed by atoms with Crippen LogP contribution in [0.4, 0.5) is 0 Å². The predicted octanol–water partition coefficient (Wildman–Crippen LogP) is 1.69. The summed E-state index contributed by atoms with van der Waals surface area (Å²) in [6, 6.07) is 1.84. The molecule has 1 rings (SSSR count). The van der Waals surface area contributed by atoms with Crippen molar-refractivity contribution in [3.05, 3.63) is 32.8 Å². The third-order valence-electron chi connectivity index (χ3n) is 1.87. The molecule has 0 saturated heterocycles. The molecular weight excluding hydrogens is 208 g/mol. The molecule has 1 heterocycles. The molecule has 0 saturated carbocycles. The van der Waals surface area contributed by atoms with Crippen LogP contribution < -0.4 is 9.75 Å². The first-order valence-electron chi connectivity index (χ1n) is 4.60. The Bertz CT molecular complexity index is 494. The van der Waals surface area contributed by atoms with Crippen LogP contribution in [0, 0.1) is 0 Å². The normalized spacial score (nSPS) is 13.0. The Morgan fingerprint density at radius 2 is 2.27 bits per heavy atom. The summed E-state index contributed by atoms with van der Waals surface area (Å²) in [5.41, 5.74) is 0.969. The Labute approximate surface area is 93.2 Å². The minimum atomic E-state index is -0.288. The van der Waals surface area contributed by atoms with Crippen molar-refractivity contribution >= 4 is 29.5 Å². The molecule has 0 atom stereocenters. The molecule has 0 amide bonds. The van der Waals surface area contributed by atoms with Gasteiger partial charge in [-0.15, -0.1) is 11.3 Å². The summed E-state index contributed by atoms with van der Waals surface area (Å²) in [6.07, 6.45) is 3.93. The fraction of sp³-hybridized carbons (Fsp3) is 0.250. The maximum Gasteiger partial charge on any atom is 0.348 e. The van der Waals surface area contributed by atoms with Crippen molar-refractivity contribution in [3.63, 3.8) is 0 Å². The standard InChI is InChI=1S/C12H14O2S/c1-5-9-7-11(12(13)14-4)15-10(9)6-8(2)3/h5-7H,2H2,1,3-4H3/b9-5-,10-6+. The number of esters is 1. The molecule has 1 aromatic heterocycles. The minimum absolute atomic E-state index is 0.288. The molecule has 80 valence electrons. The van der Waals surface area contributed by atoms with Gasteiger partial charge in [0.15, 0.2) is 0 Å². The van der Waals surface area contributed by atoms with Crippen molar-refractivity contribution in [2.45, 2.75) is 13.8 Å². The van der Waals surface area contributed by atoms with Gasteiger partial charge in [-0.25, -0.2) is 4.79 Å². The van der Waals surface area contributed by atoms with Crippen molar-refractivity contribution in [2.75, 3.05) is 7.11 Å². The lowest BCUT2D eigenvalue weighted by atomic mass is 10.3. The van der Waals surface area contributed by atoms with Crippen LogP contribution in [-0.2, 0) is 4.74 Å². The van der Waals surface area contributed by atoms with E-state index in [2.05, 4.69) is 11.3 Å². The van der Waals surface area contributed by atoms with Crippen molar-refractivity contribution in [2.24, 2.45) is 0 Å². The molecule has 15 heavy (non-hydrogen) atoms. The highest BCUT2D eigenvalue weighted by Crippen LogP contribution is 2.02. The van der Waals surface area contributed by atoms with E-state index in [9.17, 15) is 4.79 Å². The van der Waals surface area contributed by atoms with Gasteiger partial charge in [-0.1, -0.05) is 18.2 Å². The second-order valence-electron chi connectivity index (χ2n) is 3.20. The van der Waals surface area contributed by atoms with Crippen molar-refractivity contribution in [3.8, 4) is 0 Å². The van der Waals surface area contributed by atoms with E-state index >= 15 is 0 Å². The number of methoxy groups -OCH3 is 1. The molecule has 0 bridgehead atoms. The van der Waals surface area contributed by atoms with Gasteiger partial charge in [0.25, 0.3) is 0 Å². The van der Waals surface area contributed by atoms with E-state index in [1.165, 1.54) is 18.4 Å². The van der Waals surface area contributed by atoms with Crippen LogP contribution in [-0.4, -0.2) is 13.1 Å². The molecule has 2 nitrogen and oxygen atoms in total. The van der Waals surface area contributed by atoms with E-state index < -0.39 is 0 Å². The van der Waals surface area contributed by atoms with Crippen molar-refractivity contribution in [1.82, 2.24) is 0 Å². The summed E-state index contributed by atoms with van der Waals surface area (Å²) in [4.78, 5) is 11.9. The van der Waals surface area contributed by atoms with Gasteiger partial charge in [0.05, 0.1) is 7.11 Å². The fourth-order valence-corrected chi connectivity index (χ4v) is 2.33. The quantitative estimate of drug-likeness (QED) is 0.712. The van der Waals surface area contributed by atoms with E-state index in [0.717, 1.165) is 15.3 Å². The summed E-state index contributed by atoms with van der Waals surface area (Å²) >= 11 is 1.42. The molecule has 1 aromatic rings. The van der Waals surface area contributed by atoms with Crippen molar-refractivity contribution < 1.29 is 9.53 Å². The van der Waals surface area contributed by atoms with Crippen LogP contribution in [0.2, 0.25) is 0 Å². The van der Waals surface area contributed by atoms with Gasteiger partial charge in [0, 0.05) is 4.53 Å². The maximum atomic E-state index is 11.3. The second-order valence-corrected chi connectivity index (χ2v) is 4.28. The first-order valence-corrected chi connectivity index (χ1v) is 5.42. The molecular formula is C12H14O2S. The Kier molecular flexibility index (Phi) is 3.86. The number of allylic oxidation sites excluding steroid dienone is 1. The highest BCUT2D eigenvalue weighted by atomic mass is 32.1. The first-order chi connectivity index (χ1) is 7.08. The fourth-order valence-electron chi connectivity index (χ4n) is 1.18. The largest absolute Gasteiger partial charge is 0.465 e. The lowest BCUT2D eigenvalue weighted by Gasteiger charge is -1.90. The number of carbonyl (C=O) groups excluding carboxylic acids is 1. The smallest absolute Gasteiger partial charge is 0.348 e. The number of carbonyl (C=O) groups is 1. The lowest BCUT2D eigenvalue weighted by Crippen LogP contribution is -2.16. The van der Waals surface area contributed by atoms with Crippen LogP contribution in [0.25, 0.3) is 12.2 Å². The summed E-state index contributed by atoms with van der Waals surface area (Å²) in [7, 11) is 1.39. The van der Waals surface area contributed by atoms with Gasteiger partial charge in [-0.05, 0) is 31.2 Å². The van der Waals surface area contributed by atoms with Gasteiger partial charge in [0.1, 0.15) is 4.88 Å². The highest BCUT2D eigenvalue weighted by Gasteiger charge is 2.07. The Hall–Kier alpha value is -1.35. The molecule has 0 fully saturated rings. The Balaban J connectivity index is 3.37. The van der Waals surface area contributed by atoms with Crippen LogP contribution >= 0.6 is 11.3 Å². The summed E-state index contributed by atoms with van der Waals surface area (Å²) < 4.78 is 5.72. The molecule has 0 N–H and O–H groups in total. The zero-order valence-corrected chi connectivity index (χ0v) is 9.98. The molecule has 0 aromatic carbocycles. The monoisotopic (exact) mass is 222 g/mol. The first kappa shape index (κ1) is 11.7. The third-order valence-corrected chi connectivity index (χ3v) is 2.94. The SMILES string of the molecule is C=C(C)/C=c1/sc(C(=O)OC)c/c1=C/C. The van der Waals surface area contributed by atoms with Crippen molar-refractivity contribution in [1.29, 1.82) is 0 Å². The summed E-state index contributed by atoms with van der Waals surface area (Å²) in [5, 5.41) is 1.04. The maximum absolute atomic E-state index is 11.3. The average Bonchev–Trinajstić information content (AvgIpc) is 2.59. The molecule has 0 unspecified atom stereocenters. The third kappa shape index (κ3) is 2.80. The number of hydrogen-bond acceptors (Lipinski definition) is 3. The van der Waals surface area contributed by atoms with E-state index in [4.69, 9.17) is 0 Å². The summed E-state index contributed by atoms with van der Waals surface area (Å²) in [6.45, 7) is 7.69. The predicted molar refractivity (Wildman–Crippen MR) is 64.3 cm³/mol. The molecule has 3 heteroatoms. The molecule has 0 aliphatic heterocycles. The Morgan fingerprint density at radius 3 is 2.73 bits per heavy atom. The van der Waals surface area contributed by atoms with Crippen LogP contribution in [0.3, 0.4) is 0 Å². The van der Waals surface area contributed by atoms with Gasteiger partial charge in [-0.2, -0.15) is 0 Å². The van der Waals surface area contributed by atoms with E-state index in [1.54, 1.807) is 0 Å². The molecule has 0 radical (unpaired) electrons. The van der Waals surface area contributed by atoms with Crippen LogP contribution in [0.15, 0.2) is 18.2 Å². The minimum Gasteiger partial charge on any atom is -0.465 e. The highest BCUT2D eigenvalue weighted by molar-refractivity contribution is 7.11. The molecule has 0 aliphatic carbocycles. The number of rotatable bonds is 2. The van der Waals surface area contributed by atoms with Gasteiger partial charge >= 0.3 is 5.97 Å². The number of hydrogen-bond donors (Lipinski definition) is 0. The second kappa shape index (κ2) is 4.94. The molecule has 0 spiro atoms. The average molecular weight is 222 g/mol. The Morgan fingerprint density at radius 1 is 1.60 bits per heavy atom. The van der Waals surface area contributed by atoms with E-state index in [-0.39, 0.29) is 5.97 Å². The topological polar surface area (TPSA) is 26.3 Å². The van der Waals surface area contributed by atoms with E-state index in [0.29, 0.717) is 4.88 Å². The number of thiophene rings is 1. The zero-order valence-electron chi connectivity index (χ0n) is 9.16. The van der Waals surface area contributed by atoms with Gasteiger partial charge < -0.3 is 4.74 Å².